The predicted molar refractivity (Wildman–Crippen MR) is 78.1 cm³/mol. The maximum atomic E-state index is 12.0. The van der Waals surface area contributed by atoms with Crippen molar-refractivity contribution in [2.24, 2.45) is 0 Å². The zero-order valence-electron chi connectivity index (χ0n) is 11.8. The van der Waals surface area contributed by atoms with E-state index in [0.29, 0.717) is 5.69 Å². The molecule has 4 nitrogen and oxygen atoms in total. The average molecular weight is 283 g/mol. The summed E-state index contributed by atoms with van der Waals surface area (Å²) in [7, 11) is -3.36. The van der Waals surface area contributed by atoms with E-state index in [4.69, 9.17) is 0 Å². The Morgan fingerprint density at radius 1 is 1.21 bits per heavy atom. The van der Waals surface area contributed by atoms with E-state index in [-0.39, 0.29) is 11.7 Å². The second-order valence-corrected chi connectivity index (χ2v) is 7.44. The lowest BCUT2D eigenvalue weighted by Crippen LogP contribution is -2.33. The number of hydrogen-bond acceptors (Lipinski definition) is 3. The van der Waals surface area contributed by atoms with Crippen LogP contribution in [0, 0.1) is 0 Å². The highest BCUT2D eigenvalue weighted by molar-refractivity contribution is 7.92. The van der Waals surface area contributed by atoms with Crippen molar-refractivity contribution in [2.75, 3.05) is 11.1 Å². The van der Waals surface area contributed by atoms with E-state index in [9.17, 15) is 13.2 Å². The smallest absolute Gasteiger partial charge is 0.242 e. The molecule has 1 N–H and O–H groups in total. The van der Waals surface area contributed by atoms with Crippen LogP contribution >= 0.6 is 0 Å². The zero-order chi connectivity index (χ0) is 14.6. The minimum Gasteiger partial charge on any atom is -0.325 e. The molecule has 0 aliphatic rings. The molecule has 0 aliphatic heterocycles. The van der Waals surface area contributed by atoms with E-state index < -0.39 is 21.0 Å². The van der Waals surface area contributed by atoms with Crippen molar-refractivity contribution in [3.8, 4) is 0 Å². The second kappa shape index (κ2) is 6.19. The number of hydrogen-bond donors (Lipinski definition) is 1. The molecule has 0 saturated carbocycles. The first-order valence-electron chi connectivity index (χ1n) is 6.41. The second-order valence-electron chi connectivity index (χ2n) is 4.82. The molecule has 106 valence electrons. The molecule has 0 fully saturated rings. The topological polar surface area (TPSA) is 63.2 Å². The third-order valence-corrected chi connectivity index (χ3v) is 5.25. The normalized spacial score (nSPS) is 13.3. The molecule has 19 heavy (non-hydrogen) atoms. The predicted octanol–water partition coefficient (Wildman–Crippen LogP) is 2.57. The van der Waals surface area contributed by atoms with Crippen LogP contribution in [0.15, 0.2) is 24.3 Å². The van der Waals surface area contributed by atoms with Gasteiger partial charge < -0.3 is 5.32 Å². The highest BCUT2D eigenvalue weighted by atomic mass is 32.2. The molecule has 1 unspecified atom stereocenters. The number of anilines is 1. The summed E-state index contributed by atoms with van der Waals surface area (Å²) in [5.74, 6) is -0.252. The third-order valence-electron chi connectivity index (χ3n) is 3.15. The van der Waals surface area contributed by atoms with Gasteiger partial charge in [0.1, 0.15) is 5.25 Å². The number of benzene rings is 1. The molecule has 0 saturated heterocycles. The van der Waals surface area contributed by atoms with E-state index in [1.807, 2.05) is 32.0 Å². The molecule has 0 aromatic heterocycles. The Morgan fingerprint density at radius 2 is 1.79 bits per heavy atom. The number of sulfone groups is 1. The maximum absolute atomic E-state index is 12.0. The van der Waals surface area contributed by atoms with Crippen molar-refractivity contribution in [1.29, 1.82) is 0 Å². The first-order valence-corrected chi connectivity index (χ1v) is 8.12. The van der Waals surface area contributed by atoms with Crippen molar-refractivity contribution < 1.29 is 13.2 Å². The van der Waals surface area contributed by atoms with Crippen LogP contribution in [0.25, 0.3) is 0 Å². The van der Waals surface area contributed by atoms with Gasteiger partial charge in [-0.25, -0.2) is 8.42 Å². The lowest BCUT2D eigenvalue weighted by Gasteiger charge is -2.16. The van der Waals surface area contributed by atoms with Gasteiger partial charge in [0.05, 0.1) is 0 Å². The Morgan fingerprint density at radius 3 is 2.32 bits per heavy atom. The van der Waals surface area contributed by atoms with Crippen LogP contribution in [0.5, 0.6) is 0 Å². The van der Waals surface area contributed by atoms with Crippen molar-refractivity contribution in [3.05, 3.63) is 29.8 Å². The van der Waals surface area contributed by atoms with Gasteiger partial charge in [0, 0.05) is 11.4 Å². The molecule has 1 aromatic rings. The van der Waals surface area contributed by atoms with Crippen LogP contribution in [0.4, 0.5) is 5.69 Å². The van der Waals surface area contributed by atoms with Crippen LogP contribution in [0.3, 0.4) is 0 Å². The standard InChI is InChI=1S/C14H21NO3S/c1-5-19(17,18)11(4)14(16)15-13-9-7-6-8-12(13)10(2)3/h6-11H,5H2,1-4H3,(H,15,16). The molecular weight excluding hydrogens is 262 g/mol. The van der Waals surface area contributed by atoms with Gasteiger partial charge in [0.2, 0.25) is 5.91 Å². The van der Waals surface area contributed by atoms with Crippen molar-refractivity contribution in [2.45, 2.75) is 38.9 Å². The third kappa shape index (κ3) is 3.80. The van der Waals surface area contributed by atoms with E-state index >= 15 is 0 Å². The molecule has 0 radical (unpaired) electrons. The van der Waals surface area contributed by atoms with Crippen molar-refractivity contribution in [1.82, 2.24) is 0 Å². The first kappa shape index (κ1) is 15.7. The summed E-state index contributed by atoms with van der Waals surface area (Å²) in [4.78, 5) is 12.0. The fourth-order valence-corrected chi connectivity index (χ4v) is 2.65. The molecular formula is C14H21NO3S. The largest absolute Gasteiger partial charge is 0.325 e. The molecule has 1 amide bonds. The Hall–Kier alpha value is -1.36. The Kier molecular flexibility index (Phi) is 5.11. The molecule has 1 rings (SSSR count). The minimum atomic E-state index is -3.36. The number of carbonyl (C=O) groups is 1. The summed E-state index contributed by atoms with van der Waals surface area (Å²) in [6.07, 6.45) is 0. The number of nitrogens with one attached hydrogen (secondary N) is 1. The summed E-state index contributed by atoms with van der Waals surface area (Å²) in [5.41, 5.74) is 1.68. The lowest BCUT2D eigenvalue weighted by atomic mass is 10.0. The first-order chi connectivity index (χ1) is 8.79. The van der Waals surface area contributed by atoms with E-state index in [2.05, 4.69) is 5.32 Å². The van der Waals surface area contributed by atoms with Gasteiger partial charge in [-0.3, -0.25) is 4.79 Å². The van der Waals surface area contributed by atoms with Crippen LogP contribution in [-0.2, 0) is 14.6 Å². The zero-order valence-corrected chi connectivity index (χ0v) is 12.6. The fraction of sp³-hybridized carbons (Fsp3) is 0.500. The van der Waals surface area contributed by atoms with Gasteiger partial charge in [0.15, 0.2) is 9.84 Å². The van der Waals surface area contributed by atoms with Gasteiger partial charge in [0.25, 0.3) is 0 Å². The molecule has 0 aliphatic carbocycles. The molecule has 0 heterocycles. The Balaban J connectivity index is 2.95. The van der Waals surface area contributed by atoms with Crippen LogP contribution in [0.1, 0.15) is 39.2 Å². The monoisotopic (exact) mass is 283 g/mol. The maximum Gasteiger partial charge on any atom is 0.242 e. The Bertz CT molecular complexity index is 550. The lowest BCUT2D eigenvalue weighted by molar-refractivity contribution is -0.115. The van der Waals surface area contributed by atoms with Gasteiger partial charge in [-0.05, 0) is 24.5 Å². The summed E-state index contributed by atoms with van der Waals surface area (Å²) in [5, 5.41) is 1.68. The highest BCUT2D eigenvalue weighted by Gasteiger charge is 2.26. The van der Waals surface area contributed by atoms with E-state index in [1.54, 1.807) is 13.0 Å². The van der Waals surface area contributed by atoms with E-state index in [1.165, 1.54) is 6.92 Å². The van der Waals surface area contributed by atoms with Gasteiger partial charge >= 0.3 is 0 Å². The molecule has 5 heteroatoms. The number of rotatable bonds is 5. The SMILES string of the molecule is CCS(=O)(=O)C(C)C(=O)Nc1ccccc1C(C)C. The summed E-state index contributed by atoms with van der Waals surface area (Å²) >= 11 is 0. The van der Waals surface area contributed by atoms with Crippen molar-refractivity contribution in [3.63, 3.8) is 0 Å². The van der Waals surface area contributed by atoms with Gasteiger partial charge in [-0.15, -0.1) is 0 Å². The van der Waals surface area contributed by atoms with Crippen LogP contribution in [-0.4, -0.2) is 25.3 Å². The van der Waals surface area contributed by atoms with Gasteiger partial charge in [-0.2, -0.15) is 0 Å². The Labute approximate surface area is 115 Å². The summed E-state index contributed by atoms with van der Waals surface area (Å²) in [6, 6.07) is 7.44. The van der Waals surface area contributed by atoms with Gasteiger partial charge in [-0.1, -0.05) is 39.0 Å². The van der Waals surface area contributed by atoms with Crippen LogP contribution in [0.2, 0.25) is 0 Å². The molecule has 0 spiro atoms. The minimum absolute atomic E-state index is 0.0343. The summed E-state index contributed by atoms with van der Waals surface area (Å²) < 4.78 is 23.4. The molecule has 0 bridgehead atoms. The van der Waals surface area contributed by atoms with E-state index in [0.717, 1.165) is 5.56 Å². The average Bonchev–Trinajstić information content (AvgIpc) is 2.38. The number of amides is 1. The highest BCUT2D eigenvalue weighted by Crippen LogP contribution is 2.24. The molecule has 1 atom stereocenters. The molecule has 1 aromatic carbocycles. The fourth-order valence-electron chi connectivity index (χ4n) is 1.76. The van der Waals surface area contributed by atoms with Crippen molar-refractivity contribution >= 4 is 21.4 Å². The number of carbonyl (C=O) groups excluding carboxylic acids is 1. The van der Waals surface area contributed by atoms with Crippen LogP contribution < -0.4 is 5.32 Å². The quantitative estimate of drug-likeness (QED) is 0.903. The number of para-hydroxylation sites is 1. The summed E-state index contributed by atoms with van der Waals surface area (Å²) in [6.45, 7) is 7.02.